The van der Waals surface area contributed by atoms with Gasteiger partial charge in [-0.2, -0.15) is 4.98 Å². The highest BCUT2D eigenvalue weighted by Gasteiger charge is 2.27. The molecule has 1 aromatic carbocycles. The maximum atomic E-state index is 5.53. The van der Waals surface area contributed by atoms with Gasteiger partial charge in [-0.3, -0.25) is 9.88 Å². The van der Waals surface area contributed by atoms with Gasteiger partial charge in [-0.25, -0.2) is 4.68 Å². The standard InChI is InChI=1S/C19H20N8O/c1-12-17(19-22-18(24-28-19)16-11-20-9-10-26(16)2)23-25-27(12)15-7-3-6-14-13(15)5-4-8-21-14/h3-8,16,20H,9-11H2,1-2H3. The quantitative estimate of drug-likeness (QED) is 0.577. The lowest BCUT2D eigenvalue weighted by Gasteiger charge is -2.30. The largest absolute Gasteiger partial charge is 0.332 e. The molecule has 9 nitrogen and oxygen atoms in total. The molecule has 4 aromatic rings. The first-order valence-electron chi connectivity index (χ1n) is 9.24. The highest BCUT2D eigenvalue weighted by atomic mass is 16.5. The molecule has 0 amide bonds. The van der Waals surface area contributed by atoms with Gasteiger partial charge in [0.25, 0.3) is 5.89 Å². The third-order valence-electron chi connectivity index (χ3n) is 5.20. The van der Waals surface area contributed by atoms with Crippen LogP contribution in [0.4, 0.5) is 0 Å². The second-order valence-electron chi connectivity index (χ2n) is 6.94. The van der Waals surface area contributed by atoms with Crippen LogP contribution in [0.5, 0.6) is 0 Å². The molecule has 9 heteroatoms. The van der Waals surface area contributed by atoms with Crippen molar-refractivity contribution in [2.45, 2.75) is 13.0 Å². The van der Waals surface area contributed by atoms with Gasteiger partial charge in [-0.1, -0.05) is 16.4 Å². The van der Waals surface area contributed by atoms with Gasteiger partial charge in [0.15, 0.2) is 11.5 Å². The van der Waals surface area contributed by atoms with Crippen molar-refractivity contribution in [3.05, 3.63) is 48.0 Å². The Bertz CT molecular complexity index is 1130. The summed E-state index contributed by atoms with van der Waals surface area (Å²) < 4.78 is 7.32. The lowest BCUT2D eigenvalue weighted by Crippen LogP contribution is -2.44. The molecule has 1 N–H and O–H groups in total. The Hall–Kier alpha value is -3.17. The average Bonchev–Trinajstić information content (AvgIpc) is 3.35. The molecule has 0 aliphatic carbocycles. The predicted molar refractivity (Wildman–Crippen MR) is 103 cm³/mol. The Morgan fingerprint density at radius 3 is 3.04 bits per heavy atom. The van der Waals surface area contributed by atoms with Crippen molar-refractivity contribution in [1.29, 1.82) is 0 Å². The first kappa shape index (κ1) is 17.0. The molecule has 5 rings (SSSR count). The summed E-state index contributed by atoms with van der Waals surface area (Å²) in [5, 5.41) is 17.2. The number of benzene rings is 1. The van der Waals surface area contributed by atoms with Gasteiger partial charge in [-0.05, 0) is 38.2 Å². The van der Waals surface area contributed by atoms with E-state index in [1.807, 2.05) is 37.3 Å². The summed E-state index contributed by atoms with van der Waals surface area (Å²) in [5.41, 5.74) is 3.25. The van der Waals surface area contributed by atoms with Crippen LogP contribution in [0.25, 0.3) is 28.2 Å². The van der Waals surface area contributed by atoms with Gasteiger partial charge < -0.3 is 9.84 Å². The van der Waals surface area contributed by atoms with E-state index in [4.69, 9.17) is 4.52 Å². The number of hydrogen-bond acceptors (Lipinski definition) is 8. The van der Waals surface area contributed by atoms with Crippen molar-refractivity contribution >= 4 is 10.9 Å². The predicted octanol–water partition coefficient (Wildman–Crippen LogP) is 1.75. The summed E-state index contributed by atoms with van der Waals surface area (Å²) in [7, 11) is 2.07. The lowest BCUT2D eigenvalue weighted by molar-refractivity contribution is 0.190. The molecule has 0 radical (unpaired) electrons. The fourth-order valence-electron chi connectivity index (χ4n) is 3.59. The van der Waals surface area contributed by atoms with E-state index >= 15 is 0 Å². The topological polar surface area (TPSA) is 97.8 Å². The number of aromatic nitrogens is 6. The number of hydrogen-bond donors (Lipinski definition) is 1. The number of pyridine rings is 1. The minimum absolute atomic E-state index is 0.0887. The van der Waals surface area contributed by atoms with E-state index in [9.17, 15) is 0 Å². The van der Waals surface area contributed by atoms with Crippen LogP contribution in [0, 0.1) is 6.92 Å². The van der Waals surface area contributed by atoms with E-state index in [0.717, 1.165) is 41.9 Å². The lowest BCUT2D eigenvalue weighted by atomic mass is 10.2. The normalized spacial score (nSPS) is 18.0. The molecule has 0 spiro atoms. The van der Waals surface area contributed by atoms with Crippen molar-refractivity contribution < 1.29 is 4.52 Å². The third-order valence-corrected chi connectivity index (χ3v) is 5.20. The fourth-order valence-corrected chi connectivity index (χ4v) is 3.59. The minimum atomic E-state index is 0.0887. The zero-order valence-corrected chi connectivity index (χ0v) is 15.7. The van der Waals surface area contributed by atoms with Gasteiger partial charge in [0.1, 0.15) is 0 Å². The molecule has 0 saturated carbocycles. The van der Waals surface area contributed by atoms with Crippen molar-refractivity contribution in [2.24, 2.45) is 0 Å². The highest BCUT2D eigenvalue weighted by Crippen LogP contribution is 2.27. The zero-order chi connectivity index (χ0) is 19.1. The molecule has 0 bridgehead atoms. The van der Waals surface area contributed by atoms with E-state index in [1.165, 1.54) is 0 Å². The van der Waals surface area contributed by atoms with Crippen LogP contribution in [-0.4, -0.2) is 61.7 Å². The molecule has 1 atom stereocenters. The summed E-state index contributed by atoms with van der Waals surface area (Å²) in [6, 6.07) is 9.96. The number of fused-ring (bicyclic) bond motifs is 1. The second-order valence-corrected chi connectivity index (χ2v) is 6.94. The Balaban J connectivity index is 1.53. The molecule has 4 heterocycles. The maximum absolute atomic E-state index is 5.53. The summed E-state index contributed by atoms with van der Waals surface area (Å²) in [5.74, 6) is 1.05. The molecule has 28 heavy (non-hydrogen) atoms. The van der Waals surface area contributed by atoms with E-state index in [-0.39, 0.29) is 6.04 Å². The van der Waals surface area contributed by atoms with Gasteiger partial charge >= 0.3 is 0 Å². The molecule has 1 aliphatic rings. The maximum Gasteiger partial charge on any atom is 0.280 e. The van der Waals surface area contributed by atoms with Crippen LogP contribution < -0.4 is 5.32 Å². The Morgan fingerprint density at radius 2 is 2.14 bits per heavy atom. The SMILES string of the molecule is Cc1c(-c2nc(C3CNCCN3C)no2)nnn1-c1cccc2ncccc12. The van der Waals surface area contributed by atoms with Crippen LogP contribution in [0.3, 0.4) is 0 Å². The van der Waals surface area contributed by atoms with Crippen molar-refractivity contribution in [3.63, 3.8) is 0 Å². The number of nitrogens with one attached hydrogen (secondary N) is 1. The molecule has 1 unspecified atom stereocenters. The van der Waals surface area contributed by atoms with Crippen LogP contribution in [0.2, 0.25) is 0 Å². The summed E-state index contributed by atoms with van der Waals surface area (Å²) in [6.45, 7) is 4.65. The minimum Gasteiger partial charge on any atom is -0.332 e. The number of likely N-dealkylation sites (N-methyl/N-ethyl adjacent to an activating group) is 1. The fraction of sp³-hybridized carbons (Fsp3) is 0.316. The third kappa shape index (κ3) is 2.76. The molecule has 1 aliphatic heterocycles. The molecular weight excluding hydrogens is 356 g/mol. The Morgan fingerprint density at radius 1 is 1.21 bits per heavy atom. The summed E-state index contributed by atoms with van der Waals surface area (Å²) >= 11 is 0. The van der Waals surface area contributed by atoms with Crippen molar-refractivity contribution in [1.82, 2.24) is 40.3 Å². The Labute approximate surface area is 161 Å². The highest BCUT2D eigenvalue weighted by molar-refractivity contribution is 5.87. The van der Waals surface area contributed by atoms with E-state index in [1.54, 1.807) is 10.9 Å². The Kier molecular flexibility index (Phi) is 4.10. The van der Waals surface area contributed by atoms with Crippen molar-refractivity contribution in [3.8, 4) is 17.3 Å². The molecule has 1 saturated heterocycles. The summed E-state index contributed by atoms with van der Waals surface area (Å²) in [4.78, 5) is 11.2. The number of nitrogens with zero attached hydrogens (tertiary/aromatic N) is 7. The van der Waals surface area contributed by atoms with Crippen LogP contribution >= 0.6 is 0 Å². The second kappa shape index (κ2) is 6.77. The molecule has 3 aromatic heterocycles. The van der Waals surface area contributed by atoms with E-state index in [2.05, 4.69) is 42.7 Å². The van der Waals surface area contributed by atoms with Crippen LogP contribution in [0.15, 0.2) is 41.1 Å². The monoisotopic (exact) mass is 376 g/mol. The average molecular weight is 376 g/mol. The van der Waals surface area contributed by atoms with Gasteiger partial charge in [0.05, 0.1) is 22.9 Å². The van der Waals surface area contributed by atoms with Crippen molar-refractivity contribution in [2.75, 3.05) is 26.7 Å². The summed E-state index contributed by atoms with van der Waals surface area (Å²) in [6.07, 6.45) is 1.78. The number of piperazine rings is 1. The zero-order valence-electron chi connectivity index (χ0n) is 15.7. The smallest absolute Gasteiger partial charge is 0.280 e. The molecule has 142 valence electrons. The van der Waals surface area contributed by atoms with Crippen LogP contribution in [-0.2, 0) is 0 Å². The first-order valence-corrected chi connectivity index (χ1v) is 9.24. The number of rotatable bonds is 3. The molecular formula is C19H20N8O. The van der Waals surface area contributed by atoms with Gasteiger partial charge in [-0.15, -0.1) is 5.10 Å². The first-order chi connectivity index (χ1) is 13.7. The van der Waals surface area contributed by atoms with E-state index < -0.39 is 0 Å². The van der Waals surface area contributed by atoms with E-state index in [0.29, 0.717) is 17.4 Å². The van der Waals surface area contributed by atoms with Gasteiger partial charge in [0, 0.05) is 31.2 Å². The van der Waals surface area contributed by atoms with Crippen LogP contribution in [0.1, 0.15) is 17.6 Å². The van der Waals surface area contributed by atoms with Gasteiger partial charge in [0.2, 0.25) is 0 Å². The molecule has 1 fully saturated rings.